The van der Waals surface area contributed by atoms with Gasteiger partial charge in [0.15, 0.2) is 5.82 Å². The van der Waals surface area contributed by atoms with Gasteiger partial charge in [-0.15, -0.1) is 11.3 Å². The first-order chi connectivity index (χ1) is 15.7. The third kappa shape index (κ3) is 4.24. The summed E-state index contributed by atoms with van der Waals surface area (Å²) >= 11 is 1.53. The van der Waals surface area contributed by atoms with Gasteiger partial charge in [-0.05, 0) is 56.2 Å². The Kier molecular flexibility index (Phi) is 5.64. The number of aromatic nitrogens is 3. The van der Waals surface area contributed by atoms with Gasteiger partial charge >= 0.3 is 0 Å². The SMILES string of the molecule is Cc1ccc(C(=O)N2CCC[C@@H]2c2nc(Nc3ccccc3)cc(-c3ccncc3)n2)s1. The van der Waals surface area contributed by atoms with Crippen LogP contribution in [0.5, 0.6) is 0 Å². The molecule has 160 valence electrons. The van der Waals surface area contributed by atoms with Crippen LogP contribution in [-0.2, 0) is 0 Å². The van der Waals surface area contributed by atoms with Crippen LogP contribution >= 0.6 is 11.3 Å². The van der Waals surface area contributed by atoms with E-state index >= 15 is 0 Å². The summed E-state index contributed by atoms with van der Waals surface area (Å²) in [5, 5.41) is 3.39. The van der Waals surface area contributed by atoms with Gasteiger partial charge in [0.25, 0.3) is 5.91 Å². The largest absolute Gasteiger partial charge is 0.340 e. The number of rotatable bonds is 5. The average Bonchev–Trinajstić information content (AvgIpc) is 3.49. The fourth-order valence-electron chi connectivity index (χ4n) is 3.99. The Labute approximate surface area is 191 Å². The highest BCUT2D eigenvalue weighted by Crippen LogP contribution is 2.34. The number of carbonyl (C=O) groups is 1. The number of thiophene rings is 1. The highest BCUT2D eigenvalue weighted by atomic mass is 32.1. The highest BCUT2D eigenvalue weighted by molar-refractivity contribution is 7.13. The number of pyridine rings is 1. The highest BCUT2D eigenvalue weighted by Gasteiger charge is 2.33. The number of hydrogen-bond acceptors (Lipinski definition) is 6. The second-order valence-corrected chi connectivity index (χ2v) is 9.08. The molecular formula is C25H23N5OS. The zero-order valence-electron chi connectivity index (χ0n) is 17.7. The fraction of sp³-hybridized carbons (Fsp3) is 0.200. The van der Waals surface area contributed by atoms with Gasteiger partial charge in [0.2, 0.25) is 0 Å². The standard InChI is InChI=1S/C25H23N5OS/c1-17-9-10-22(32-17)25(31)30-15-5-8-21(30)24-28-20(18-11-13-26-14-12-18)16-23(29-24)27-19-6-3-2-4-7-19/h2-4,6-7,9-14,16,21H,5,8,15H2,1H3,(H,27,28,29)/t21-/m1/s1. The molecule has 3 aromatic heterocycles. The van der Waals surface area contributed by atoms with E-state index in [1.54, 1.807) is 12.4 Å². The van der Waals surface area contributed by atoms with Crippen molar-refractivity contribution in [3.63, 3.8) is 0 Å². The molecule has 1 saturated heterocycles. The number of hydrogen-bond donors (Lipinski definition) is 1. The lowest BCUT2D eigenvalue weighted by Gasteiger charge is -2.24. The van der Waals surface area contributed by atoms with Crippen molar-refractivity contribution in [1.82, 2.24) is 19.9 Å². The molecule has 0 unspecified atom stereocenters. The first kappa shape index (κ1) is 20.3. The molecule has 0 saturated carbocycles. The number of benzene rings is 1. The number of para-hydroxylation sites is 1. The van der Waals surface area contributed by atoms with Crippen molar-refractivity contribution in [2.45, 2.75) is 25.8 Å². The van der Waals surface area contributed by atoms with Crippen LogP contribution in [0.1, 0.15) is 39.3 Å². The number of likely N-dealkylation sites (tertiary alicyclic amines) is 1. The number of anilines is 2. The van der Waals surface area contributed by atoms with Crippen LogP contribution in [-0.4, -0.2) is 32.3 Å². The minimum absolute atomic E-state index is 0.0566. The van der Waals surface area contributed by atoms with Crippen LogP contribution in [0.2, 0.25) is 0 Å². The molecule has 1 N–H and O–H groups in total. The average molecular weight is 442 g/mol. The molecule has 32 heavy (non-hydrogen) atoms. The Bertz CT molecular complexity index is 1230. The summed E-state index contributed by atoms with van der Waals surface area (Å²) in [5.74, 6) is 1.43. The monoisotopic (exact) mass is 441 g/mol. The number of amides is 1. The van der Waals surface area contributed by atoms with E-state index in [0.717, 1.165) is 39.5 Å². The molecule has 0 bridgehead atoms. The van der Waals surface area contributed by atoms with Crippen LogP contribution in [0.3, 0.4) is 0 Å². The lowest BCUT2D eigenvalue weighted by atomic mass is 10.1. The Morgan fingerprint density at radius 1 is 1.06 bits per heavy atom. The number of aryl methyl sites for hydroxylation is 1. The molecule has 0 aliphatic carbocycles. The molecule has 6 nitrogen and oxygen atoms in total. The Hall–Kier alpha value is -3.58. The molecule has 1 fully saturated rings. The topological polar surface area (TPSA) is 71.0 Å². The van der Waals surface area contributed by atoms with Gasteiger partial charge in [-0.25, -0.2) is 9.97 Å². The number of carbonyl (C=O) groups excluding carboxylic acids is 1. The predicted octanol–water partition coefficient (Wildman–Crippen LogP) is 5.63. The molecule has 1 aliphatic heterocycles. The maximum Gasteiger partial charge on any atom is 0.264 e. The van der Waals surface area contributed by atoms with Gasteiger partial charge in [0.05, 0.1) is 16.6 Å². The molecular weight excluding hydrogens is 418 g/mol. The van der Waals surface area contributed by atoms with Crippen LogP contribution in [0.15, 0.2) is 73.1 Å². The molecule has 5 rings (SSSR count). The third-order valence-electron chi connectivity index (χ3n) is 5.53. The van der Waals surface area contributed by atoms with Gasteiger partial charge < -0.3 is 10.2 Å². The van der Waals surface area contributed by atoms with Gasteiger partial charge in [-0.3, -0.25) is 9.78 Å². The van der Waals surface area contributed by atoms with Crippen molar-refractivity contribution in [3.05, 3.63) is 88.6 Å². The predicted molar refractivity (Wildman–Crippen MR) is 127 cm³/mol. The zero-order valence-corrected chi connectivity index (χ0v) is 18.5. The summed E-state index contributed by atoms with van der Waals surface area (Å²) in [5.41, 5.74) is 2.72. The van der Waals surface area contributed by atoms with Gasteiger partial charge in [0, 0.05) is 41.1 Å². The maximum absolute atomic E-state index is 13.2. The molecule has 0 radical (unpaired) electrons. The van der Waals surface area contributed by atoms with E-state index in [0.29, 0.717) is 18.2 Å². The quantitative estimate of drug-likeness (QED) is 0.435. The summed E-state index contributed by atoms with van der Waals surface area (Å²) in [6, 6.07) is 19.5. The van der Waals surface area contributed by atoms with E-state index in [1.807, 2.05) is 72.5 Å². The minimum atomic E-state index is -0.150. The van der Waals surface area contributed by atoms with E-state index in [-0.39, 0.29) is 11.9 Å². The molecule has 7 heteroatoms. The van der Waals surface area contributed by atoms with Gasteiger partial charge in [-0.2, -0.15) is 0 Å². The first-order valence-corrected chi connectivity index (χ1v) is 11.5. The minimum Gasteiger partial charge on any atom is -0.340 e. The Morgan fingerprint density at radius 2 is 1.88 bits per heavy atom. The van der Waals surface area contributed by atoms with Crippen LogP contribution < -0.4 is 5.32 Å². The molecule has 4 heterocycles. The van der Waals surface area contributed by atoms with Crippen LogP contribution in [0.25, 0.3) is 11.3 Å². The summed E-state index contributed by atoms with van der Waals surface area (Å²) in [6.07, 6.45) is 5.30. The van der Waals surface area contributed by atoms with Crippen molar-refractivity contribution < 1.29 is 4.79 Å². The molecule has 0 spiro atoms. The van der Waals surface area contributed by atoms with Crippen molar-refractivity contribution in [3.8, 4) is 11.3 Å². The fourth-order valence-corrected chi connectivity index (χ4v) is 4.81. The second kappa shape index (κ2) is 8.88. The van der Waals surface area contributed by atoms with E-state index in [1.165, 1.54) is 11.3 Å². The molecule has 4 aromatic rings. The van der Waals surface area contributed by atoms with E-state index in [9.17, 15) is 4.79 Å². The summed E-state index contributed by atoms with van der Waals surface area (Å²) in [6.45, 7) is 2.73. The summed E-state index contributed by atoms with van der Waals surface area (Å²) in [4.78, 5) is 30.9. The lowest BCUT2D eigenvalue weighted by molar-refractivity contribution is 0.0735. The van der Waals surface area contributed by atoms with E-state index in [2.05, 4.69) is 10.3 Å². The first-order valence-electron chi connectivity index (χ1n) is 10.7. The normalized spacial score (nSPS) is 15.7. The molecule has 1 aliphatic rings. The Balaban J connectivity index is 1.53. The molecule has 1 atom stereocenters. The lowest BCUT2D eigenvalue weighted by Crippen LogP contribution is -2.31. The van der Waals surface area contributed by atoms with Crippen molar-refractivity contribution in [2.24, 2.45) is 0 Å². The van der Waals surface area contributed by atoms with E-state index < -0.39 is 0 Å². The van der Waals surface area contributed by atoms with Crippen molar-refractivity contribution >= 4 is 28.7 Å². The molecule has 1 amide bonds. The molecule has 1 aromatic carbocycles. The number of nitrogens with one attached hydrogen (secondary N) is 1. The van der Waals surface area contributed by atoms with E-state index in [4.69, 9.17) is 9.97 Å². The number of nitrogens with zero attached hydrogens (tertiary/aromatic N) is 4. The van der Waals surface area contributed by atoms with Crippen molar-refractivity contribution in [1.29, 1.82) is 0 Å². The summed E-state index contributed by atoms with van der Waals surface area (Å²) in [7, 11) is 0. The smallest absolute Gasteiger partial charge is 0.264 e. The second-order valence-electron chi connectivity index (χ2n) is 7.79. The maximum atomic E-state index is 13.2. The zero-order chi connectivity index (χ0) is 21.9. The third-order valence-corrected chi connectivity index (χ3v) is 6.52. The van der Waals surface area contributed by atoms with Crippen LogP contribution in [0, 0.1) is 6.92 Å². The summed E-state index contributed by atoms with van der Waals surface area (Å²) < 4.78 is 0. The van der Waals surface area contributed by atoms with Crippen molar-refractivity contribution in [2.75, 3.05) is 11.9 Å². The van der Waals surface area contributed by atoms with Crippen LogP contribution in [0.4, 0.5) is 11.5 Å². The van der Waals surface area contributed by atoms with Gasteiger partial charge in [-0.1, -0.05) is 18.2 Å². The Morgan fingerprint density at radius 3 is 2.62 bits per heavy atom. The van der Waals surface area contributed by atoms with Gasteiger partial charge in [0.1, 0.15) is 5.82 Å².